The van der Waals surface area contributed by atoms with E-state index < -0.39 is 0 Å². The van der Waals surface area contributed by atoms with Gasteiger partial charge in [-0.2, -0.15) is 0 Å². The average Bonchev–Trinajstić information content (AvgIpc) is 2.62. The Morgan fingerprint density at radius 2 is 1.61 bits per heavy atom. The highest BCUT2D eigenvalue weighted by atomic mass is 16.5. The van der Waals surface area contributed by atoms with Crippen LogP contribution in [0, 0.1) is 0 Å². The molecule has 0 fully saturated rings. The zero-order chi connectivity index (χ0) is 16.1. The van der Waals surface area contributed by atoms with Crippen molar-refractivity contribution in [3.8, 4) is 17.1 Å². The number of benzene rings is 2. The highest BCUT2D eigenvalue weighted by Gasteiger charge is 2.06. The van der Waals surface area contributed by atoms with E-state index in [1.54, 1.807) is 13.2 Å². The van der Waals surface area contributed by atoms with Gasteiger partial charge in [0.25, 0.3) is 0 Å². The molecule has 1 heterocycles. The van der Waals surface area contributed by atoms with Crippen LogP contribution in [-0.2, 0) is 0 Å². The van der Waals surface area contributed by atoms with Gasteiger partial charge < -0.3 is 9.15 Å². The van der Waals surface area contributed by atoms with Crippen LogP contribution in [0.3, 0.4) is 0 Å². The Morgan fingerprint density at radius 1 is 0.870 bits per heavy atom. The molecule has 0 spiro atoms. The van der Waals surface area contributed by atoms with E-state index in [0.29, 0.717) is 5.76 Å². The zero-order valence-corrected chi connectivity index (χ0v) is 12.7. The van der Waals surface area contributed by atoms with Gasteiger partial charge >= 0.3 is 5.63 Å². The molecule has 0 N–H and O–H groups in total. The Morgan fingerprint density at radius 3 is 2.30 bits per heavy atom. The molecule has 1 aromatic heterocycles. The molecular weight excluding hydrogens is 288 g/mol. The molecule has 3 nitrogen and oxygen atoms in total. The fraction of sp³-hybridized carbons (Fsp3) is 0.0500. The van der Waals surface area contributed by atoms with Crippen LogP contribution in [0.5, 0.6) is 5.75 Å². The van der Waals surface area contributed by atoms with Gasteiger partial charge in [0.2, 0.25) is 0 Å². The van der Waals surface area contributed by atoms with Gasteiger partial charge in [0, 0.05) is 17.2 Å². The second-order valence-corrected chi connectivity index (χ2v) is 5.01. The molecular formula is C20H16O3. The summed E-state index contributed by atoms with van der Waals surface area (Å²) in [5.74, 6) is 1.39. The van der Waals surface area contributed by atoms with Crippen molar-refractivity contribution in [2.24, 2.45) is 0 Å². The van der Waals surface area contributed by atoms with Crippen LogP contribution in [-0.4, -0.2) is 7.11 Å². The molecule has 0 radical (unpaired) electrons. The van der Waals surface area contributed by atoms with Crippen molar-refractivity contribution in [3.05, 3.63) is 88.3 Å². The first-order valence-electron chi connectivity index (χ1n) is 7.28. The van der Waals surface area contributed by atoms with E-state index in [0.717, 1.165) is 22.4 Å². The molecule has 0 bridgehead atoms. The third-order valence-corrected chi connectivity index (χ3v) is 3.47. The fourth-order valence-electron chi connectivity index (χ4n) is 2.27. The van der Waals surface area contributed by atoms with E-state index in [-0.39, 0.29) is 5.63 Å². The Balaban J connectivity index is 1.96. The molecule has 3 aromatic rings. The summed E-state index contributed by atoms with van der Waals surface area (Å²) in [6, 6.07) is 20.6. The topological polar surface area (TPSA) is 39.4 Å². The minimum Gasteiger partial charge on any atom is -0.497 e. The minimum absolute atomic E-state index is 0.356. The van der Waals surface area contributed by atoms with Gasteiger partial charge in [0.15, 0.2) is 0 Å². The van der Waals surface area contributed by atoms with E-state index >= 15 is 0 Å². The maximum Gasteiger partial charge on any atom is 0.336 e. The Kier molecular flexibility index (Phi) is 4.39. The van der Waals surface area contributed by atoms with Gasteiger partial charge in [-0.15, -0.1) is 0 Å². The van der Waals surface area contributed by atoms with Crippen molar-refractivity contribution in [1.82, 2.24) is 0 Å². The van der Waals surface area contributed by atoms with Gasteiger partial charge in [0.05, 0.1) is 7.11 Å². The second kappa shape index (κ2) is 6.79. The third-order valence-electron chi connectivity index (χ3n) is 3.47. The summed E-state index contributed by atoms with van der Waals surface area (Å²) in [6.45, 7) is 0. The van der Waals surface area contributed by atoms with E-state index in [9.17, 15) is 4.79 Å². The summed E-state index contributed by atoms with van der Waals surface area (Å²) in [6.07, 6.45) is 3.91. The molecule has 0 unspecified atom stereocenters. The van der Waals surface area contributed by atoms with Crippen molar-refractivity contribution in [3.63, 3.8) is 0 Å². The quantitative estimate of drug-likeness (QED) is 0.713. The third kappa shape index (κ3) is 3.58. The maximum absolute atomic E-state index is 11.6. The van der Waals surface area contributed by atoms with Crippen LogP contribution in [0.4, 0.5) is 0 Å². The fourth-order valence-corrected chi connectivity index (χ4v) is 2.27. The first-order chi connectivity index (χ1) is 11.3. The molecule has 114 valence electrons. The predicted molar refractivity (Wildman–Crippen MR) is 92.3 cm³/mol. The monoisotopic (exact) mass is 304 g/mol. The molecule has 0 aliphatic rings. The lowest BCUT2D eigenvalue weighted by molar-refractivity contribution is 0.415. The summed E-state index contributed by atoms with van der Waals surface area (Å²) in [5.41, 5.74) is 2.41. The lowest BCUT2D eigenvalue weighted by atomic mass is 10.1. The first-order valence-corrected chi connectivity index (χ1v) is 7.28. The van der Waals surface area contributed by atoms with E-state index in [4.69, 9.17) is 9.15 Å². The smallest absolute Gasteiger partial charge is 0.336 e. The van der Waals surface area contributed by atoms with Gasteiger partial charge in [-0.3, -0.25) is 0 Å². The molecule has 23 heavy (non-hydrogen) atoms. The summed E-state index contributed by atoms with van der Waals surface area (Å²) >= 11 is 0. The summed E-state index contributed by atoms with van der Waals surface area (Å²) in [4.78, 5) is 11.6. The van der Waals surface area contributed by atoms with Crippen molar-refractivity contribution >= 4 is 12.2 Å². The summed E-state index contributed by atoms with van der Waals surface area (Å²) in [7, 11) is 1.64. The van der Waals surface area contributed by atoms with Crippen LogP contribution in [0.25, 0.3) is 23.5 Å². The van der Waals surface area contributed by atoms with Crippen molar-refractivity contribution in [1.29, 1.82) is 0 Å². The van der Waals surface area contributed by atoms with Crippen molar-refractivity contribution in [2.75, 3.05) is 7.11 Å². The lowest BCUT2D eigenvalue weighted by Crippen LogP contribution is -1.98. The van der Waals surface area contributed by atoms with Gasteiger partial charge in [-0.05, 0) is 23.8 Å². The van der Waals surface area contributed by atoms with Crippen LogP contribution in [0.15, 0.2) is 75.9 Å². The van der Waals surface area contributed by atoms with Crippen molar-refractivity contribution in [2.45, 2.75) is 0 Å². The zero-order valence-electron chi connectivity index (χ0n) is 12.7. The summed E-state index contributed by atoms with van der Waals surface area (Å²) in [5, 5.41) is 0. The molecule has 0 atom stereocenters. The minimum atomic E-state index is -0.356. The molecule has 0 aliphatic carbocycles. The highest BCUT2D eigenvalue weighted by Crippen LogP contribution is 2.24. The Hall–Kier alpha value is -3.07. The molecule has 0 saturated carbocycles. The molecule has 0 saturated heterocycles. The Labute approximate surface area is 134 Å². The molecule has 0 amide bonds. The number of hydrogen-bond donors (Lipinski definition) is 0. The normalized spacial score (nSPS) is 10.8. The first kappa shape index (κ1) is 14.9. The Bertz CT molecular complexity index is 859. The standard InChI is InChI=1S/C20H16O3/c1-22-18-12-8-15(9-13-18)7-10-17-11-14-19(21)23-20(17)16-5-3-2-4-6-16/h2-14H,1H3/b10-7+. The molecule has 3 rings (SSSR count). The molecule has 0 aliphatic heterocycles. The second-order valence-electron chi connectivity index (χ2n) is 5.01. The highest BCUT2D eigenvalue weighted by molar-refractivity contribution is 5.77. The van der Waals surface area contributed by atoms with E-state index in [1.165, 1.54) is 6.07 Å². The van der Waals surface area contributed by atoms with Crippen LogP contribution in [0.1, 0.15) is 11.1 Å². The van der Waals surface area contributed by atoms with E-state index in [1.807, 2.05) is 66.7 Å². The average molecular weight is 304 g/mol. The largest absolute Gasteiger partial charge is 0.497 e. The number of methoxy groups -OCH3 is 1. The number of rotatable bonds is 4. The van der Waals surface area contributed by atoms with Crippen molar-refractivity contribution < 1.29 is 9.15 Å². The maximum atomic E-state index is 11.6. The lowest BCUT2D eigenvalue weighted by Gasteiger charge is -2.04. The molecule has 3 heteroatoms. The van der Waals surface area contributed by atoms with Crippen LogP contribution >= 0.6 is 0 Å². The SMILES string of the molecule is COc1ccc(/C=C/c2ccc(=O)oc2-c2ccccc2)cc1. The van der Waals surface area contributed by atoms with E-state index in [2.05, 4.69) is 0 Å². The predicted octanol–water partition coefficient (Wildman–Crippen LogP) is 4.49. The van der Waals surface area contributed by atoms with Crippen LogP contribution in [0.2, 0.25) is 0 Å². The summed E-state index contributed by atoms with van der Waals surface area (Å²) < 4.78 is 10.5. The number of hydrogen-bond acceptors (Lipinski definition) is 3. The van der Waals surface area contributed by atoms with Gasteiger partial charge in [-0.1, -0.05) is 54.6 Å². The van der Waals surface area contributed by atoms with Gasteiger partial charge in [0.1, 0.15) is 11.5 Å². The van der Waals surface area contributed by atoms with Crippen LogP contribution < -0.4 is 10.4 Å². The van der Waals surface area contributed by atoms with Gasteiger partial charge in [-0.25, -0.2) is 4.79 Å². The molecule has 2 aromatic carbocycles. The number of ether oxygens (including phenoxy) is 1.